The Morgan fingerprint density at radius 1 is 1.05 bits per heavy atom. The first kappa shape index (κ1) is 27.6. The number of benzene rings is 2. The quantitative estimate of drug-likeness (QED) is 0.393. The molecule has 38 heavy (non-hydrogen) atoms. The average Bonchev–Trinajstić information content (AvgIpc) is 3.45. The molecule has 10 heteroatoms. The zero-order valence-corrected chi connectivity index (χ0v) is 22.3. The molecule has 3 amide bonds. The lowest BCUT2D eigenvalue weighted by Crippen LogP contribution is -2.48. The molecule has 1 aliphatic rings. The van der Waals surface area contributed by atoms with Gasteiger partial charge in [-0.15, -0.1) is 11.3 Å². The minimum absolute atomic E-state index is 0.0906. The fraction of sp³-hybridized carbons (Fsp3) is 0.357. The maximum absolute atomic E-state index is 13.6. The molecule has 2 heterocycles. The highest BCUT2D eigenvalue weighted by molar-refractivity contribution is 7.09. The maximum atomic E-state index is 13.6. The van der Waals surface area contributed by atoms with Gasteiger partial charge in [0.25, 0.3) is 0 Å². The van der Waals surface area contributed by atoms with Crippen molar-refractivity contribution >= 4 is 29.0 Å². The van der Waals surface area contributed by atoms with Crippen molar-refractivity contribution in [3.05, 3.63) is 82.3 Å². The molecule has 0 spiro atoms. The molecule has 1 N–H and O–H groups in total. The number of anilines is 1. The number of hydrogen-bond acceptors (Lipinski definition) is 6. The summed E-state index contributed by atoms with van der Waals surface area (Å²) in [7, 11) is 1.57. The van der Waals surface area contributed by atoms with Gasteiger partial charge in [0.05, 0.1) is 26.9 Å². The Balaban J connectivity index is 1.49. The second-order valence-corrected chi connectivity index (χ2v) is 10.0. The SMILES string of the molecule is COc1cccc(NC(=O)N(CCN2CCOCC2)CC(=O)N(Cc2ccc(F)cc2)Cc2cccs2)c1. The van der Waals surface area contributed by atoms with Crippen molar-refractivity contribution in [1.29, 1.82) is 0 Å². The van der Waals surface area contributed by atoms with Crippen LogP contribution in [0.25, 0.3) is 0 Å². The van der Waals surface area contributed by atoms with Crippen LogP contribution in [0.4, 0.5) is 14.9 Å². The minimum atomic E-state index is -0.363. The fourth-order valence-corrected chi connectivity index (χ4v) is 4.86. The number of carbonyl (C=O) groups is 2. The van der Waals surface area contributed by atoms with E-state index in [-0.39, 0.29) is 24.3 Å². The molecule has 1 aromatic heterocycles. The monoisotopic (exact) mass is 540 g/mol. The predicted molar refractivity (Wildman–Crippen MR) is 146 cm³/mol. The lowest BCUT2D eigenvalue weighted by Gasteiger charge is -2.31. The standard InChI is InChI=1S/C28H33FN4O4S/c1-36-25-5-2-4-24(18-25)30-28(35)32(12-11-31-13-15-37-16-14-31)21-27(34)33(20-26-6-3-17-38-26)19-22-7-9-23(29)10-8-22/h2-10,17-18H,11-16,19-21H2,1H3,(H,30,35). The number of nitrogens with zero attached hydrogens (tertiary/aromatic N) is 3. The minimum Gasteiger partial charge on any atom is -0.497 e. The number of carbonyl (C=O) groups excluding carboxylic acids is 2. The third-order valence-corrected chi connectivity index (χ3v) is 7.15. The topological polar surface area (TPSA) is 74.4 Å². The van der Waals surface area contributed by atoms with Gasteiger partial charge in [0.15, 0.2) is 0 Å². The molecule has 0 unspecified atom stereocenters. The van der Waals surface area contributed by atoms with E-state index in [4.69, 9.17) is 9.47 Å². The van der Waals surface area contributed by atoms with Gasteiger partial charge < -0.3 is 24.6 Å². The fourth-order valence-electron chi connectivity index (χ4n) is 4.14. The van der Waals surface area contributed by atoms with E-state index >= 15 is 0 Å². The van der Waals surface area contributed by atoms with E-state index in [2.05, 4.69) is 10.2 Å². The number of hydrogen-bond donors (Lipinski definition) is 1. The number of rotatable bonds is 11. The Morgan fingerprint density at radius 2 is 1.84 bits per heavy atom. The van der Waals surface area contributed by atoms with Gasteiger partial charge in [-0.05, 0) is 41.3 Å². The lowest BCUT2D eigenvalue weighted by atomic mass is 10.2. The van der Waals surface area contributed by atoms with Crippen LogP contribution in [0.1, 0.15) is 10.4 Å². The van der Waals surface area contributed by atoms with Gasteiger partial charge in [-0.25, -0.2) is 9.18 Å². The highest BCUT2D eigenvalue weighted by Crippen LogP contribution is 2.18. The molecule has 0 atom stereocenters. The Morgan fingerprint density at radius 3 is 2.55 bits per heavy atom. The smallest absolute Gasteiger partial charge is 0.322 e. The van der Waals surface area contributed by atoms with Gasteiger partial charge in [0, 0.05) is 49.4 Å². The summed E-state index contributed by atoms with van der Waals surface area (Å²) in [5, 5.41) is 4.87. The Labute approximate surface area is 226 Å². The van der Waals surface area contributed by atoms with Crippen molar-refractivity contribution in [3.63, 3.8) is 0 Å². The number of morpholine rings is 1. The van der Waals surface area contributed by atoms with Gasteiger partial charge in [-0.1, -0.05) is 24.3 Å². The highest BCUT2D eigenvalue weighted by atomic mass is 32.1. The van der Waals surface area contributed by atoms with E-state index in [1.165, 1.54) is 12.1 Å². The molecular formula is C28H33FN4O4S. The third kappa shape index (κ3) is 8.27. The van der Waals surface area contributed by atoms with Crippen LogP contribution in [0.2, 0.25) is 0 Å². The molecule has 0 aliphatic carbocycles. The van der Waals surface area contributed by atoms with Crippen molar-refractivity contribution in [2.24, 2.45) is 0 Å². The van der Waals surface area contributed by atoms with Crippen LogP contribution >= 0.6 is 11.3 Å². The molecule has 8 nitrogen and oxygen atoms in total. The molecule has 3 aromatic rings. The van der Waals surface area contributed by atoms with Crippen molar-refractivity contribution in [1.82, 2.24) is 14.7 Å². The first-order chi connectivity index (χ1) is 18.5. The molecule has 1 fully saturated rings. The van der Waals surface area contributed by atoms with Crippen molar-refractivity contribution in [2.75, 3.05) is 58.4 Å². The number of ether oxygens (including phenoxy) is 2. The summed E-state index contributed by atoms with van der Waals surface area (Å²) in [4.78, 5) is 33.5. The zero-order valence-electron chi connectivity index (χ0n) is 21.5. The van der Waals surface area contributed by atoms with Crippen LogP contribution in [0, 0.1) is 5.82 Å². The molecule has 0 radical (unpaired) electrons. The van der Waals surface area contributed by atoms with E-state index in [1.54, 1.807) is 64.6 Å². The Bertz CT molecular complexity index is 1170. The first-order valence-corrected chi connectivity index (χ1v) is 13.4. The normalized spacial score (nSPS) is 13.6. The molecule has 0 bridgehead atoms. The number of nitrogens with one attached hydrogen (secondary N) is 1. The van der Waals surface area contributed by atoms with Crippen LogP contribution < -0.4 is 10.1 Å². The van der Waals surface area contributed by atoms with Crippen LogP contribution in [0.15, 0.2) is 66.0 Å². The van der Waals surface area contributed by atoms with Gasteiger partial charge in [0.1, 0.15) is 18.1 Å². The summed E-state index contributed by atoms with van der Waals surface area (Å²) in [5.41, 5.74) is 1.40. The summed E-state index contributed by atoms with van der Waals surface area (Å²) < 4.78 is 24.2. The van der Waals surface area contributed by atoms with Crippen LogP contribution in [0.3, 0.4) is 0 Å². The van der Waals surface area contributed by atoms with Gasteiger partial charge >= 0.3 is 6.03 Å². The number of amides is 3. The summed E-state index contributed by atoms with van der Waals surface area (Å²) in [5.74, 6) is 0.110. The molecule has 202 valence electrons. The average molecular weight is 541 g/mol. The van der Waals surface area contributed by atoms with E-state index < -0.39 is 0 Å². The number of methoxy groups -OCH3 is 1. The zero-order chi connectivity index (χ0) is 26.7. The van der Waals surface area contributed by atoms with Crippen LogP contribution in [-0.4, -0.2) is 79.7 Å². The molecule has 1 aliphatic heterocycles. The largest absolute Gasteiger partial charge is 0.497 e. The predicted octanol–water partition coefficient (Wildman–Crippen LogP) is 4.29. The molecule has 1 saturated heterocycles. The number of halogens is 1. The lowest BCUT2D eigenvalue weighted by molar-refractivity contribution is -0.133. The number of urea groups is 1. The van der Waals surface area contributed by atoms with Crippen LogP contribution in [0.5, 0.6) is 5.75 Å². The summed E-state index contributed by atoms with van der Waals surface area (Å²) in [6.07, 6.45) is 0. The van der Waals surface area contributed by atoms with E-state index in [1.807, 2.05) is 17.5 Å². The van der Waals surface area contributed by atoms with E-state index in [0.717, 1.165) is 23.5 Å². The summed E-state index contributed by atoms with van der Waals surface area (Å²) in [6, 6.07) is 16.8. The molecular weight excluding hydrogens is 507 g/mol. The summed E-state index contributed by atoms with van der Waals surface area (Å²) >= 11 is 1.56. The molecule has 0 saturated carbocycles. The highest BCUT2D eigenvalue weighted by Gasteiger charge is 2.23. The first-order valence-electron chi connectivity index (χ1n) is 12.5. The van der Waals surface area contributed by atoms with Crippen molar-refractivity contribution in [3.8, 4) is 5.75 Å². The van der Waals surface area contributed by atoms with Gasteiger partial charge in [-0.2, -0.15) is 0 Å². The van der Waals surface area contributed by atoms with E-state index in [9.17, 15) is 14.0 Å². The number of thiophene rings is 1. The van der Waals surface area contributed by atoms with E-state index in [0.29, 0.717) is 50.8 Å². The second kappa shape index (κ2) is 13.9. The van der Waals surface area contributed by atoms with Gasteiger partial charge in [0.2, 0.25) is 5.91 Å². The third-order valence-electron chi connectivity index (χ3n) is 6.29. The molecule has 4 rings (SSSR count). The molecule has 2 aromatic carbocycles. The Kier molecular flexibility index (Phi) is 10.1. The van der Waals surface area contributed by atoms with Gasteiger partial charge in [-0.3, -0.25) is 9.69 Å². The van der Waals surface area contributed by atoms with Crippen molar-refractivity contribution in [2.45, 2.75) is 13.1 Å². The van der Waals surface area contributed by atoms with Crippen LogP contribution in [-0.2, 0) is 22.6 Å². The summed E-state index contributed by atoms with van der Waals surface area (Å²) in [6.45, 7) is 4.52. The maximum Gasteiger partial charge on any atom is 0.322 e. The Hall–Kier alpha value is -3.47. The van der Waals surface area contributed by atoms with Crippen molar-refractivity contribution < 1.29 is 23.5 Å². The second-order valence-electron chi connectivity index (χ2n) is 8.99.